The van der Waals surface area contributed by atoms with E-state index in [1.165, 1.54) is 31.2 Å². The molecule has 0 aliphatic heterocycles. The van der Waals surface area contributed by atoms with Crippen molar-refractivity contribution >= 4 is 16.7 Å². The summed E-state index contributed by atoms with van der Waals surface area (Å²) in [6, 6.07) is 17.2. The summed E-state index contributed by atoms with van der Waals surface area (Å²) in [5.41, 5.74) is 3.31. The van der Waals surface area contributed by atoms with Gasteiger partial charge in [-0.25, -0.2) is 9.97 Å². The molecule has 1 heterocycles. The largest absolute Gasteiger partial charge is 0.366 e. The van der Waals surface area contributed by atoms with E-state index >= 15 is 0 Å². The summed E-state index contributed by atoms with van der Waals surface area (Å²) in [5.74, 6) is 2.45. The van der Waals surface area contributed by atoms with Crippen molar-refractivity contribution in [2.45, 2.75) is 45.6 Å². The molecule has 0 unspecified atom stereocenters. The minimum absolute atomic E-state index is 0.498. The van der Waals surface area contributed by atoms with Crippen LogP contribution in [0, 0.1) is 12.8 Å². The lowest BCUT2D eigenvalue weighted by molar-refractivity contribution is 0.349. The molecular formula is C22H25N3. The van der Waals surface area contributed by atoms with E-state index in [4.69, 9.17) is 9.97 Å². The average molecular weight is 331 g/mol. The van der Waals surface area contributed by atoms with Crippen LogP contribution in [0.25, 0.3) is 22.3 Å². The second-order valence-corrected chi connectivity index (χ2v) is 7.29. The van der Waals surface area contributed by atoms with Gasteiger partial charge in [0.2, 0.25) is 0 Å². The molecule has 128 valence electrons. The quantitative estimate of drug-likeness (QED) is 0.679. The highest BCUT2D eigenvalue weighted by atomic mass is 15.1. The number of aryl methyl sites for hydroxylation is 1. The van der Waals surface area contributed by atoms with E-state index in [9.17, 15) is 0 Å². The summed E-state index contributed by atoms with van der Waals surface area (Å²) >= 11 is 0. The predicted octanol–water partition coefficient (Wildman–Crippen LogP) is 5.60. The van der Waals surface area contributed by atoms with Gasteiger partial charge in [-0.05, 0) is 37.8 Å². The fraction of sp³-hybridized carbons (Fsp3) is 0.364. The van der Waals surface area contributed by atoms with Crippen molar-refractivity contribution in [3.63, 3.8) is 0 Å². The molecule has 2 atom stereocenters. The number of hydrogen-bond acceptors (Lipinski definition) is 3. The Bertz CT molecular complexity index is 870. The fourth-order valence-electron chi connectivity index (χ4n) is 3.72. The summed E-state index contributed by atoms with van der Waals surface area (Å²) in [6.45, 7) is 4.45. The van der Waals surface area contributed by atoms with Gasteiger partial charge in [-0.3, -0.25) is 0 Å². The molecule has 1 aliphatic carbocycles. The Morgan fingerprint density at radius 3 is 2.48 bits per heavy atom. The number of nitrogens with one attached hydrogen (secondary N) is 1. The highest BCUT2D eigenvalue weighted by Gasteiger charge is 2.22. The zero-order chi connectivity index (χ0) is 17.2. The van der Waals surface area contributed by atoms with E-state index in [0.717, 1.165) is 28.1 Å². The Morgan fingerprint density at radius 1 is 0.920 bits per heavy atom. The van der Waals surface area contributed by atoms with Crippen LogP contribution in [-0.4, -0.2) is 16.0 Å². The molecule has 1 saturated carbocycles. The maximum absolute atomic E-state index is 4.91. The molecule has 3 nitrogen and oxygen atoms in total. The highest BCUT2D eigenvalue weighted by Crippen LogP contribution is 2.30. The molecule has 0 bridgehead atoms. The first-order valence-corrected chi connectivity index (χ1v) is 9.31. The van der Waals surface area contributed by atoms with Gasteiger partial charge in [0.25, 0.3) is 0 Å². The standard InChI is InChI=1S/C22H25N3/c1-15-11-13-17(14-12-15)21-24-20-10-6-4-8-18(20)22(25-21)23-19-9-5-3-7-16(19)2/h4,6,8,10-14,16,19H,3,5,7,9H2,1-2H3,(H,23,24,25)/t16-,19+/m1/s1. The molecule has 3 aromatic rings. The molecule has 0 saturated heterocycles. The van der Waals surface area contributed by atoms with E-state index < -0.39 is 0 Å². The van der Waals surface area contributed by atoms with Crippen molar-refractivity contribution < 1.29 is 0 Å². The van der Waals surface area contributed by atoms with Crippen molar-refractivity contribution in [1.29, 1.82) is 0 Å². The van der Waals surface area contributed by atoms with Crippen molar-refractivity contribution in [2.24, 2.45) is 5.92 Å². The van der Waals surface area contributed by atoms with Gasteiger partial charge < -0.3 is 5.32 Å². The highest BCUT2D eigenvalue weighted by molar-refractivity contribution is 5.90. The lowest BCUT2D eigenvalue weighted by Crippen LogP contribution is -2.30. The maximum atomic E-state index is 4.91. The molecule has 1 aliphatic rings. The number of para-hydroxylation sites is 1. The molecule has 0 spiro atoms. The van der Waals surface area contributed by atoms with Gasteiger partial charge >= 0.3 is 0 Å². The SMILES string of the molecule is Cc1ccc(-c2nc(N[C@H]3CCCC[C@H]3C)c3ccccc3n2)cc1. The fourth-order valence-corrected chi connectivity index (χ4v) is 3.72. The van der Waals surface area contributed by atoms with E-state index in [0.29, 0.717) is 12.0 Å². The van der Waals surface area contributed by atoms with Crippen LogP contribution in [-0.2, 0) is 0 Å². The number of fused-ring (bicyclic) bond motifs is 1. The molecule has 1 fully saturated rings. The van der Waals surface area contributed by atoms with Crippen molar-refractivity contribution in [3.05, 3.63) is 54.1 Å². The van der Waals surface area contributed by atoms with Crippen molar-refractivity contribution in [3.8, 4) is 11.4 Å². The monoisotopic (exact) mass is 331 g/mol. The molecule has 4 rings (SSSR count). The van der Waals surface area contributed by atoms with Crippen LogP contribution in [0.4, 0.5) is 5.82 Å². The van der Waals surface area contributed by atoms with Gasteiger partial charge in [-0.2, -0.15) is 0 Å². The number of nitrogens with zero attached hydrogens (tertiary/aromatic N) is 2. The molecule has 0 radical (unpaired) electrons. The number of rotatable bonds is 3. The van der Waals surface area contributed by atoms with E-state index in [-0.39, 0.29) is 0 Å². The third kappa shape index (κ3) is 3.37. The lowest BCUT2D eigenvalue weighted by atomic mass is 9.86. The van der Waals surface area contributed by atoms with Crippen LogP contribution in [0.15, 0.2) is 48.5 Å². The van der Waals surface area contributed by atoms with Crippen LogP contribution in [0.1, 0.15) is 38.2 Å². The normalized spacial score (nSPS) is 20.6. The first-order valence-electron chi connectivity index (χ1n) is 9.31. The Balaban J connectivity index is 1.77. The minimum atomic E-state index is 0.498. The lowest BCUT2D eigenvalue weighted by Gasteiger charge is -2.30. The predicted molar refractivity (Wildman–Crippen MR) is 105 cm³/mol. The summed E-state index contributed by atoms with van der Waals surface area (Å²) in [6.07, 6.45) is 5.17. The number of anilines is 1. The Morgan fingerprint density at radius 2 is 1.68 bits per heavy atom. The topological polar surface area (TPSA) is 37.8 Å². The Labute approximate surface area is 149 Å². The second kappa shape index (κ2) is 6.83. The Kier molecular flexibility index (Phi) is 4.39. The molecular weight excluding hydrogens is 306 g/mol. The van der Waals surface area contributed by atoms with E-state index in [2.05, 4.69) is 61.6 Å². The van der Waals surface area contributed by atoms with E-state index in [1.54, 1.807) is 0 Å². The second-order valence-electron chi connectivity index (χ2n) is 7.29. The average Bonchev–Trinajstić information content (AvgIpc) is 2.64. The molecule has 1 aromatic heterocycles. The molecule has 1 N–H and O–H groups in total. The number of benzene rings is 2. The Hall–Kier alpha value is -2.42. The third-order valence-electron chi connectivity index (χ3n) is 5.35. The zero-order valence-corrected chi connectivity index (χ0v) is 15.0. The number of aromatic nitrogens is 2. The van der Waals surface area contributed by atoms with E-state index in [1.807, 2.05) is 6.07 Å². The summed E-state index contributed by atoms with van der Waals surface area (Å²) in [7, 11) is 0. The van der Waals surface area contributed by atoms with Crippen LogP contribution in [0.3, 0.4) is 0 Å². The molecule has 3 heteroatoms. The van der Waals surface area contributed by atoms with Gasteiger partial charge in [-0.1, -0.05) is 61.7 Å². The van der Waals surface area contributed by atoms with Gasteiger partial charge in [0.1, 0.15) is 5.82 Å². The molecule has 0 amide bonds. The molecule has 25 heavy (non-hydrogen) atoms. The third-order valence-corrected chi connectivity index (χ3v) is 5.35. The van der Waals surface area contributed by atoms with Crippen LogP contribution in [0.2, 0.25) is 0 Å². The summed E-state index contributed by atoms with van der Waals surface area (Å²) in [4.78, 5) is 9.70. The van der Waals surface area contributed by atoms with Crippen LogP contribution in [0.5, 0.6) is 0 Å². The van der Waals surface area contributed by atoms with Gasteiger partial charge in [0.15, 0.2) is 5.82 Å². The first-order chi connectivity index (χ1) is 12.2. The van der Waals surface area contributed by atoms with Crippen LogP contribution >= 0.6 is 0 Å². The number of hydrogen-bond donors (Lipinski definition) is 1. The molecule has 2 aromatic carbocycles. The smallest absolute Gasteiger partial charge is 0.162 e. The van der Waals surface area contributed by atoms with Gasteiger partial charge in [0.05, 0.1) is 5.52 Å². The van der Waals surface area contributed by atoms with Crippen LogP contribution < -0.4 is 5.32 Å². The first kappa shape index (κ1) is 16.1. The zero-order valence-electron chi connectivity index (χ0n) is 15.0. The summed E-state index contributed by atoms with van der Waals surface area (Å²) in [5, 5.41) is 4.85. The van der Waals surface area contributed by atoms with Gasteiger partial charge in [0, 0.05) is 17.0 Å². The van der Waals surface area contributed by atoms with Gasteiger partial charge in [-0.15, -0.1) is 0 Å². The van der Waals surface area contributed by atoms with Crippen molar-refractivity contribution in [1.82, 2.24) is 9.97 Å². The maximum Gasteiger partial charge on any atom is 0.162 e. The summed E-state index contributed by atoms with van der Waals surface area (Å²) < 4.78 is 0. The minimum Gasteiger partial charge on any atom is -0.366 e. The van der Waals surface area contributed by atoms with Crippen molar-refractivity contribution in [2.75, 3.05) is 5.32 Å².